The van der Waals surface area contributed by atoms with Gasteiger partial charge in [-0.15, -0.1) is 0 Å². The highest BCUT2D eigenvalue weighted by atomic mass is 32.2. The summed E-state index contributed by atoms with van der Waals surface area (Å²) >= 11 is 2.56. The maximum absolute atomic E-state index is 11.9. The van der Waals surface area contributed by atoms with Gasteiger partial charge >= 0.3 is 0 Å². The molecular weight excluding hydrogens is 312 g/mol. The first kappa shape index (κ1) is 15.6. The zero-order valence-corrected chi connectivity index (χ0v) is 13.0. The van der Waals surface area contributed by atoms with Crippen LogP contribution in [0.1, 0.15) is 12.5 Å². The largest absolute Gasteiger partial charge is 0.496 e. The molecule has 0 aliphatic carbocycles. The lowest BCUT2D eigenvalue weighted by Crippen LogP contribution is -1.94. The summed E-state index contributed by atoms with van der Waals surface area (Å²) < 4.78 is 5.85. The number of benzene rings is 1. The second kappa shape index (κ2) is 6.77. The Kier molecular flexibility index (Phi) is 5.03. The lowest BCUT2D eigenvalue weighted by atomic mass is 10.1. The number of aliphatic imine (C=N–C) groups is 1. The normalized spacial score (nSPS) is 16.2. The van der Waals surface area contributed by atoms with E-state index in [1.165, 1.54) is 43.1 Å². The van der Waals surface area contributed by atoms with E-state index in [0.29, 0.717) is 15.7 Å². The number of hydrogen-bond acceptors (Lipinski definition) is 7. The molecule has 0 saturated carbocycles. The van der Waals surface area contributed by atoms with Crippen molar-refractivity contribution in [2.24, 2.45) is 4.99 Å². The zero-order chi connectivity index (χ0) is 15.4. The van der Waals surface area contributed by atoms with E-state index in [1.807, 2.05) is 6.92 Å². The van der Waals surface area contributed by atoms with Crippen LogP contribution in [0, 0.1) is 10.1 Å². The highest BCUT2D eigenvalue weighted by Crippen LogP contribution is 2.33. The van der Waals surface area contributed by atoms with Gasteiger partial charge < -0.3 is 4.74 Å². The number of hydrogen-bond donors (Lipinski definition) is 0. The van der Waals surface area contributed by atoms with Crippen molar-refractivity contribution < 1.29 is 14.5 Å². The summed E-state index contributed by atoms with van der Waals surface area (Å²) in [6.07, 6.45) is 1.52. The number of rotatable bonds is 4. The minimum Gasteiger partial charge on any atom is -0.496 e. The van der Waals surface area contributed by atoms with Gasteiger partial charge in [0, 0.05) is 17.7 Å². The van der Waals surface area contributed by atoms with Crippen LogP contribution in [0.2, 0.25) is 0 Å². The number of carbonyl (C=O) groups excluding carboxylic acids is 1. The SMILES string of the molecule is CCSC1=NC(=Cc2cc([N+](=O)[O-])ccc2OC)C(=O)S1. The van der Waals surface area contributed by atoms with Crippen LogP contribution in [0.15, 0.2) is 28.9 Å². The summed E-state index contributed by atoms with van der Waals surface area (Å²) in [7, 11) is 1.47. The number of methoxy groups -OCH3 is 1. The Labute approximate surface area is 129 Å². The van der Waals surface area contributed by atoms with Crippen molar-refractivity contribution in [1.29, 1.82) is 0 Å². The third-order valence-corrected chi connectivity index (χ3v) is 4.48. The van der Waals surface area contributed by atoms with Crippen molar-refractivity contribution >= 4 is 44.8 Å². The van der Waals surface area contributed by atoms with Gasteiger partial charge in [0.1, 0.15) is 15.8 Å². The Morgan fingerprint density at radius 3 is 2.90 bits per heavy atom. The van der Waals surface area contributed by atoms with E-state index in [4.69, 9.17) is 4.74 Å². The number of carbonyl (C=O) groups is 1. The molecule has 0 atom stereocenters. The van der Waals surface area contributed by atoms with Crippen molar-refractivity contribution in [1.82, 2.24) is 0 Å². The van der Waals surface area contributed by atoms with E-state index in [1.54, 1.807) is 0 Å². The standard InChI is InChI=1S/C13H12N2O4S2/c1-3-20-13-14-10(12(16)21-13)7-8-6-9(15(17)18)4-5-11(8)19-2/h4-7H,3H2,1-2H3. The van der Waals surface area contributed by atoms with Gasteiger partial charge in [0.2, 0.25) is 5.12 Å². The average Bonchev–Trinajstić information content (AvgIpc) is 2.79. The number of ether oxygens (including phenoxy) is 1. The molecule has 8 heteroatoms. The van der Waals surface area contributed by atoms with Crippen LogP contribution in [0.25, 0.3) is 6.08 Å². The molecule has 0 bridgehead atoms. The van der Waals surface area contributed by atoms with Crippen LogP contribution in [-0.2, 0) is 4.79 Å². The molecule has 1 aliphatic heterocycles. The van der Waals surface area contributed by atoms with Crippen molar-refractivity contribution in [3.05, 3.63) is 39.6 Å². The molecule has 0 aromatic heterocycles. The third kappa shape index (κ3) is 3.64. The smallest absolute Gasteiger partial charge is 0.270 e. The summed E-state index contributed by atoms with van der Waals surface area (Å²) in [6, 6.07) is 4.22. The molecular formula is C13H12N2O4S2. The van der Waals surface area contributed by atoms with Gasteiger partial charge in [0.15, 0.2) is 0 Å². The zero-order valence-electron chi connectivity index (χ0n) is 11.4. The van der Waals surface area contributed by atoms with Gasteiger partial charge in [-0.2, -0.15) is 0 Å². The molecule has 1 aromatic rings. The minimum atomic E-state index is -0.492. The van der Waals surface area contributed by atoms with Crippen LogP contribution < -0.4 is 4.74 Å². The van der Waals surface area contributed by atoms with Crippen LogP contribution in [-0.4, -0.2) is 27.3 Å². The predicted molar refractivity (Wildman–Crippen MR) is 85.8 cm³/mol. The molecule has 0 spiro atoms. The van der Waals surface area contributed by atoms with Crippen LogP contribution in [0.4, 0.5) is 5.69 Å². The van der Waals surface area contributed by atoms with Gasteiger partial charge in [0.25, 0.3) is 5.69 Å². The molecule has 0 fully saturated rings. The molecule has 0 radical (unpaired) electrons. The van der Waals surface area contributed by atoms with Crippen molar-refractivity contribution in [3.63, 3.8) is 0 Å². The minimum absolute atomic E-state index is 0.0621. The third-order valence-electron chi connectivity index (χ3n) is 2.59. The number of non-ortho nitro benzene ring substituents is 1. The van der Waals surface area contributed by atoms with Gasteiger partial charge in [-0.1, -0.05) is 18.7 Å². The highest BCUT2D eigenvalue weighted by molar-refractivity contribution is 8.45. The fourth-order valence-electron chi connectivity index (χ4n) is 1.67. The molecule has 110 valence electrons. The lowest BCUT2D eigenvalue weighted by molar-refractivity contribution is -0.384. The molecule has 0 saturated heterocycles. The van der Waals surface area contributed by atoms with Crippen LogP contribution >= 0.6 is 23.5 Å². The monoisotopic (exact) mass is 324 g/mol. The second-order valence-corrected chi connectivity index (χ2v) is 6.39. The van der Waals surface area contributed by atoms with E-state index in [-0.39, 0.29) is 16.5 Å². The second-order valence-electron chi connectivity index (χ2n) is 3.91. The number of thioether (sulfide) groups is 2. The van der Waals surface area contributed by atoms with Crippen LogP contribution in [0.3, 0.4) is 0 Å². The molecule has 0 amide bonds. The summed E-state index contributed by atoms with van der Waals surface area (Å²) in [5.41, 5.74) is 0.671. The fourth-order valence-corrected chi connectivity index (χ4v) is 3.41. The molecule has 1 heterocycles. The summed E-state index contributed by atoms with van der Waals surface area (Å²) in [5.74, 6) is 1.28. The van der Waals surface area contributed by atoms with E-state index in [9.17, 15) is 14.9 Å². The predicted octanol–water partition coefficient (Wildman–Crippen LogP) is 3.33. The molecule has 21 heavy (non-hydrogen) atoms. The molecule has 0 N–H and O–H groups in total. The fraction of sp³-hybridized carbons (Fsp3) is 0.231. The Balaban J connectivity index is 2.41. The summed E-state index contributed by atoms with van der Waals surface area (Å²) in [6.45, 7) is 1.98. The molecule has 1 aliphatic rings. The van der Waals surface area contributed by atoms with E-state index in [2.05, 4.69) is 4.99 Å². The molecule has 1 aromatic carbocycles. The Morgan fingerprint density at radius 1 is 1.52 bits per heavy atom. The Bertz CT molecular complexity index is 656. The first-order valence-electron chi connectivity index (χ1n) is 6.03. The summed E-state index contributed by atoms with van der Waals surface area (Å²) in [4.78, 5) is 26.4. The average molecular weight is 324 g/mol. The molecule has 2 rings (SSSR count). The van der Waals surface area contributed by atoms with Gasteiger partial charge in [-0.3, -0.25) is 14.9 Å². The maximum Gasteiger partial charge on any atom is 0.270 e. The van der Waals surface area contributed by atoms with Gasteiger partial charge in [-0.25, -0.2) is 4.99 Å². The van der Waals surface area contributed by atoms with E-state index >= 15 is 0 Å². The quantitative estimate of drug-likeness (QED) is 0.480. The van der Waals surface area contributed by atoms with Crippen molar-refractivity contribution in [2.45, 2.75) is 6.92 Å². The molecule has 0 unspecified atom stereocenters. The topological polar surface area (TPSA) is 81.8 Å². The van der Waals surface area contributed by atoms with E-state index < -0.39 is 4.92 Å². The number of nitro groups is 1. The van der Waals surface area contributed by atoms with Gasteiger partial charge in [0.05, 0.1) is 12.0 Å². The summed E-state index contributed by atoms with van der Waals surface area (Å²) in [5, 5.41) is 10.7. The van der Waals surface area contributed by atoms with Crippen LogP contribution in [0.5, 0.6) is 5.75 Å². The first-order valence-corrected chi connectivity index (χ1v) is 7.83. The Morgan fingerprint density at radius 2 is 2.29 bits per heavy atom. The number of nitrogens with zero attached hydrogens (tertiary/aromatic N) is 2. The van der Waals surface area contributed by atoms with E-state index in [0.717, 1.165) is 17.5 Å². The molecule has 6 nitrogen and oxygen atoms in total. The van der Waals surface area contributed by atoms with Crippen molar-refractivity contribution in [3.8, 4) is 5.75 Å². The van der Waals surface area contributed by atoms with Gasteiger partial charge in [-0.05, 0) is 29.7 Å². The highest BCUT2D eigenvalue weighted by Gasteiger charge is 2.23. The Hall–Kier alpha value is -1.80. The maximum atomic E-state index is 11.9. The lowest BCUT2D eigenvalue weighted by Gasteiger charge is -2.04. The first-order chi connectivity index (χ1) is 10.0. The van der Waals surface area contributed by atoms with Crippen molar-refractivity contribution in [2.75, 3.05) is 12.9 Å². The number of nitro benzene ring substituents is 1.